The predicted octanol–water partition coefficient (Wildman–Crippen LogP) is 3.44. The Bertz CT molecular complexity index is 1420. The first-order valence-electron chi connectivity index (χ1n) is 12.5. The zero-order chi connectivity index (χ0) is 28.3. The van der Waals surface area contributed by atoms with Crippen LogP contribution in [0.25, 0.3) is 11.1 Å². The maximum Gasteiger partial charge on any atom is 0.259 e. The number of carbonyl (C=O) groups is 1. The summed E-state index contributed by atoms with van der Waals surface area (Å²) in [5.74, 6) is -0.451. The number of hydrogen-bond acceptors (Lipinski definition) is 7. The van der Waals surface area contributed by atoms with Crippen molar-refractivity contribution in [1.82, 2.24) is 14.2 Å². The van der Waals surface area contributed by atoms with E-state index in [2.05, 4.69) is 4.98 Å². The third-order valence-corrected chi connectivity index (χ3v) is 8.74. The highest BCUT2D eigenvalue weighted by Crippen LogP contribution is 2.31. The van der Waals surface area contributed by atoms with Gasteiger partial charge in [-0.1, -0.05) is 19.1 Å². The van der Waals surface area contributed by atoms with Crippen LogP contribution in [-0.4, -0.2) is 79.6 Å². The first kappa shape index (κ1) is 28.5. The maximum atomic E-state index is 13.6. The predicted molar refractivity (Wildman–Crippen MR) is 144 cm³/mol. The van der Waals surface area contributed by atoms with Gasteiger partial charge in [-0.15, -0.1) is 0 Å². The normalized spacial score (nSPS) is 18.6. The van der Waals surface area contributed by atoms with E-state index in [9.17, 15) is 22.7 Å². The number of amides is 1. The van der Waals surface area contributed by atoms with Crippen molar-refractivity contribution in [3.63, 3.8) is 0 Å². The molecule has 0 radical (unpaired) electrons. The van der Waals surface area contributed by atoms with Crippen molar-refractivity contribution in [3.8, 4) is 22.8 Å². The van der Waals surface area contributed by atoms with Gasteiger partial charge in [0.1, 0.15) is 23.2 Å². The Morgan fingerprint density at radius 1 is 1.18 bits per heavy atom. The Labute approximate surface area is 227 Å². The van der Waals surface area contributed by atoms with Gasteiger partial charge in [0.05, 0.1) is 31.2 Å². The van der Waals surface area contributed by atoms with E-state index in [0.29, 0.717) is 16.9 Å². The molecule has 208 valence electrons. The summed E-state index contributed by atoms with van der Waals surface area (Å²) in [6.45, 7) is 3.56. The molecule has 0 bridgehead atoms. The van der Waals surface area contributed by atoms with E-state index in [1.54, 1.807) is 42.2 Å². The molecule has 1 amide bonds. The first-order chi connectivity index (χ1) is 18.5. The minimum atomic E-state index is -3.85. The largest absolute Gasteiger partial charge is 0.497 e. The minimum Gasteiger partial charge on any atom is -0.497 e. The number of aromatic nitrogens is 1. The van der Waals surface area contributed by atoms with Crippen LogP contribution < -0.4 is 9.47 Å². The monoisotopic (exact) mass is 557 g/mol. The number of aliphatic hydroxyl groups excluding tert-OH is 1. The van der Waals surface area contributed by atoms with Crippen molar-refractivity contribution >= 4 is 15.9 Å². The quantitative estimate of drug-likeness (QED) is 0.452. The SMILES string of the molecule is COc1ccc(S(=O)(=O)N(C)C[C@@H]2Oc3ncc(-c4ccc(F)cc4)cc3C(=O)N([C@H](C)CO)C[C@@H]2C)cc1. The molecule has 0 saturated carbocycles. The number of rotatable bonds is 8. The molecule has 1 N–H and O–H groups in total. The highest BCUT2D eigenvalue weighted by atomic mass is 32.2. The number of aliphatic hydroxyl groups is 1. The molecule has 2 heterocycles. The lowest BCUT2D eigenvalue weighted by molar-refractivity contribution is 0.0373. The van der Waals surface area contributed by atoms with Crippen LogP contribution in [0.2, 0.25) is 0 Å². The molecule has 1 aliphatic heterocycles. The molecule has 0 saturated heterocycles. The molecule has 9 nitrogen and oxygen atoms in total. The Balaban J connectivity index is 1.69. The van der Waals surface area contributed by atoms with E-state index in [-0.39, 0.29) is 53.7 Å². The molecule has 11 heteroatoms. The number of pyridine rings is 1. The lowest BCUT2D eigenvalue weighted by Crippen LogP contribution is -2.50. The zero-order valence-electron chi connectivity index (χ0n) is 22.2. The maximum absolute atomic E-state index is 13.6. The van der Waals surface area contributed by atoms with Crippen molar-refractivity contribution in [1.29, 1.82) is 0 Å². The number of likely N-dealkylation sites (N-methyl/N-ethyl adjacent to an activating group) is 1. The molecule has 39 heavy (non-hydrogen) atoms. The Morgan fingerprint density at radius 3 is 2.46 bits per heavy atom. The summed E-state index contributed by atoms with van der Waals surface area (Å²) in [6.07, 6.45) is 0.868. The van der Waals surface area contributed by atoms with Crippen LogP contribution in [0.1, 0.15) is 24.2 Å². The third-order valence-electron chi connectivity index (χ3n) is 6.90. The molecular formula is C28H32FN3O6S. The average molecular weight is 558 g/mol. The average Bonchev–Trinajstić information content (AvgIpc) is 2.94. The van der Waals surface area contributed by atoms with Gasteiger partial charge in [0, 0.05) is 31.3 Å². The molecular weight excluding hydrogens is 525 g/mol. The lowest BCUT2D eigenvalue weighted by atomic mass is 9.99. The Morgan fingerprint density at radius 2 is 1.85 bits per heavy atom. The van der Waals surface area contributed by atoms with Crippen molar-refractivity contribution in [2.75, 3.05) is 33.9 Å². The first-order valence-corrected chi connectivity index (χ1v) is 13.9. The number of methoxy groups -OCH3 is 1. The van der Waals surface area contributed by atoms with Crippen molar-refractivity contribution in [2.45, 2.75) is 30.9 Å². The molecule has 2 aromatic carbocycles. The second-order valence-electron chi connectivity index (χ2n) is 9.67. The van der Waals surface area contributed by atoms with Crippen LogP contribution in [0.15, 0.2) is 65.7 Å². The van der Waals surface area contributed by atoms with Crippen LogP contribution in [0, 0.1) is 11.7 Å². The second-order valence-corrected chi connectivity index (χ2v) is 11.7. The fourth-order valence-electron chi connectivity index (χ4n) is 4.40. The van der Waals surface area contributed by atoms with Crippen LogP contribution in [0.5, 0.6) is 11.6 Å². The summed E-state index contributed by atoms with van der Waals surface area (Å²) < 4.78 is 52.6. The van der Waals surface area contributed by atoms with Gasteiger partial charge >= 0.3 is 0 Å². The summed E-state index contributed by atoms with van der Waals surface area (Å²) >= 11 is 0. The van der Waals surface area contributed by atoms with Gasteiger partial charge in [0.15, 0.2) is 0 Å². The molecule has 4 rings (SSSR count). The molecule has 3 atom stereocenters. The van der Waals surface area contributed by atoms with Gasteiger partial charge < -0.3 is 19.5 Å². The van der Waals surface area contributed by atoms with Gasteiger partial charge in [-0.05, 0) is 55.0 Å². The van der Waals surface area contributed by atoms with Crippen molar-refractivity contribution < 1.29 is 32.2 Å². The molecule has 0 spiro atoms. The van der Waals surface area contributed by atoms with Gasteiger partial charge in [0.2, 0.25) is 15.9 Å². The lowest BCUT2D eigenvalue weighted by Gasteiger charge is -2.37. The summed E-state index contributed by atoms with van der Waals surface area (Å²) in [5.41, 5.74) is 1.43. The second kappa shape index (κ2) is 11.7. The Kier molecular flexibility index (Phi) is 8.53. The van der Waals surface area contributed by atoms with E-state index in [1.165, 1.54) is 48.9 Å². The number of hydrogen-bond donors (Lipinski definition) is 1. The number of halogens is 1. The van der Waals surface area contributed by atoms with Gasteiger partial charge in [-0.25, -0.2) is 17.8 Å². The van der Waals surface area contributed by atoms with Crippen LogP contribution >= 0.6 is 0 Å². The van der Waals surface area contributed by atoms with Gasteiger partial charge in [0.25, 0.3) is 5.91 Å². The summed E-state index contributed by atoms with van der Waals surface area (Å²) in [5, 5.41) is 9.87. The van der Waals surface area contributed by atoms with E-state index in [1.807, 2.05) is 6.92 Å². The number of sulfonamides is 1. The van der Waals surface area contributed by atoms with Crippen LogP contribution in [0.4, 0.5) is 4.39 Å². The van der Waals surface area contributed by atoms with E-state index in [4.69, 9.17) is 9.47 Å². The standard InChI is InChI=1S/C28H32FN3O6S/c1-18-15-32(19(2)17-33)28(34)25-13-21(20-5-7-22(29)8-6-20)14-30-27(25)38-26(18)16-31(3)39(35,36)24-11-9-23(37-4)10-12-24/h5-14,18-19,26,33H,15-17H2,1-4H3/t18-,19+,26-/m0/s1. The van der Waals surface area contributed by atoms with E-state index < -0.39 is 22.2 Å². The fourth-order valence-corrected chi connectivity index (χ4v) is 5.58. The summed E-state index contributed by atoms with van der Waals surface area (Å²) in [7, 11) is -0.876. The van der Waals surface area contributed by atoms with Gasteiger partial charge in [-0.3, -0.25) is 4.79 Å². The molecule has 1 aromatic heterocycles. The van der Waals surface area contributed by atoms with Crippen molar-refractivity contribution in [3.05, 3.63) is 72.2 Å². The zero-order valence-corrected chi connectivity index (χ0v) is 23.1. The molecule has 1 aliphatic rings. The summed E-state index contributed by atoms with van der Waals surface area (Å²) in [4.78, 5) is 19.7. The van der Waals surface area contributed by atoms with E-state index >= 15 is 0 Å². The van der Waals surface area contributed by atoms with E-state index in [0.717, 1.165) is 0 Å². The highest BCUT2D eigenvalue weighted by molar-refractivity contribution is 7.89. The number of nitrogens with zero attached hydrogens (tertiary/aromatic N) is 3. The van der Waals surface area contributed by atoms with Crippen LogP contribution in [-0.2, 0) is 10.0 Å². The highest BCUT2D eigenvalue weighted by Gasteiger charge is 2.36. The minimum absolute atomic E-state index is 0.00804. The topological polar surface area (TPSA) is 109 Å². The molecule has 0 fully saturated rings. The number of ether oxygens (including phenoxy) is 2. The van der Waals surface area contributed by atoms with Crippen molar-refractivity contribution in [2.24, 2.45) is 5.92 Å². The molecule has 3 aromatic rings. The number of benzene rings is 2. The fraction of sp³-hybridized carbons (Fsp3) is 0.357. The Hall–Kier alpha value is -3.54. The molecule has 0 unspecified atom stereocenters. The number of carbonyl (C=O) groups excluding carboxylic acids is 1. The van der Waals surface area contributed by atoms with Crippen LogP contribution in [0.3, 0.4) is 0 Å². The molecule has 0 aliphatic carbocycles. The van der Waals surface area contributed by atoms with Gasteiger partial charge in [-0.2, -0.15) is 4.31 Å². The third kappa shape index (κ3) is 6.05. The summed E-state index contributed by atoms with van der Waals surface area (Å²) in [6, 6.07) is 13.1. The number of fused-ring (bicyclic) bond motifs is 1. The smallest absolute Gasteiger partial charge is 0.259 e.